The van der Waals surface area contributed by atoms with Crippen molar-refractivity contribution in [1.82, 2.24) is 15.8 Å². The van der Waals surface area contributed by atoms with E-state index < -0.39 is 0 Å². The quantitative estimate of drug-likeness (QED) is 0.714. The molecule has 1 saturated heterocycles. The second-order valence-corrected chi connectivity index (χ2v) is 3.64. The molecule has 5 heteroatoms. The molecule has 1 aromatic rings. The molecule has 0 saturated carbocycles. The minimum Gasteiger partial charge on any atom is -0.465 e. The lowest BCUT2D eigenvalue weighted by atomic mass is 9.94. The summed E-state index contributed by atoms with van der Waals surface area (Å²) in [6.45, 7) is 2.93. The summed E-state index contributed by atoms with van der Waals surface area (Å²) < 4.78 is 5.02. The van der Waals surface area contributed by atoms with Crippen molar-refractivity contribution >= 4 is 5.97 Å². The number of pyridine rings is 1. The molecular weight excluding hydrogens is 206 g/mol. The van der Waals surface area contributed by atoms with Crippen LogP contribution in [0.1, 0.15) is 18.4 Å². The summed E-state index contributed by atoms with van der Waals surface area (Å²) in [5.74, 6) is -0.114. The molecule has 0 aromatic carbocycles. The van der Waals surface area contributed by atoms with Crippen molar-refractivity contribution in [2.45, 2.75) is 18.9 Å². The van der Waals surface area contributed by atoms with Crippen LogP contribution in [0.5, 0.6) is 0 Å². The molecule has 2 atom stereocenters. The van der Waals surface area contributed by atoms with E-state index >= 15 is 0 Å². The first-order valence-corrected chi connectivity index (χ1v) is 5.38. The number of hydrazine groups is 1. The molecule has 0 radical (unpaired) electrons. The van der Waals surface area contributed by atoms with E-state index in [-0.39, 0.29) is 17.9 Å². The molecule has 0 spiro atoms. The highest BCUT2D eigenvalue weighted by molar-refractivity contribution is 5.77. The maximum absolute atomic E-state index is 11.7. The van der Waals surface area contributed by atoms with Crippen LogP contribution in [-0.4, -0.2) is 30.1 Å². The molecule has 2 heterocycles. The summed E-state index contributed by atoms with van der Waals surface area (Å²) in [6.07, 6.45) is 3.46. The number of aromatic nitrogens is 1. The maximum atomic E-state index is 11.7. The van der Waals surface area contributed by atoms with Crippen LogP contribution in [0.2, 0.25) is 0 Å². The van der Waals surface area contributed by atoms with Crippen molar-refractivity contribution in [2.75, 3.05) is 13.2 Å². The Bertz CT molecular complexity index is 356. The molecule has 0 amide bonds. The molecule has 0 bridgehead atoms. The van der Waals surface area contributed by atoms with Crippen LogP contribution in [0, 0.1) is 0 Å². The molecule has 16 heavy (non-hydrogen) atoms. The lowest BCUT2D eigenvalue weighted by Crippen LogP contribution is -2.39. The summed E-state index contributed by atoms with van der Waals surface area (Å²) in [7, 11) is 0. The third-order valence-electron chi connectivity index (χ3n) is 2.66. The van der Waals surface area contributed by atoms with Crippen molar-refractivity contribution in [3.8, 4) is 0 Å². The Labute approximate surface area is 94.2 Å². The van der Waals surface area contributed by atoms with Gasteiger partial charge >= 0.3 is 5.97 Å². The number of hydrogen-bond acceptors (Lipinski definition) is 5. The highest BCUT2D eigenvalue weighted by atomic mass is 16.5. The topological polar surface area (TPSA) is 63.2 Å². The molecule has 2 unspecified atom stereocenters. The van der Waals surface area contributed by atoms with Gasteiger partial charge in [0.25, 0.3) is 0 Å². The largest absolute Gasteiger partial charge is 0.465 e. The smallest absolute Gasteiger partial charge is 0.325 e. The van der Waals surface area contributed by atoms with Crippen LogP contribution < -0.4 is 10.9 Å². The van der Waals surface area contributed by atoms with Crippen LogP contribution in [0.15, 0.2) is 24.5 Å². The average Bonchev–Trinajstić information content (AvgIpc) is 2.79. The second-order valence-electron chi connectivity index (χ2n) is 3.64. The van der Waals surface area contributed by atoms with Gasteiger partial charge in [-0.2, -0.15) is 0 Å². The van der Waals surface area contributed by atoms with Crippen molar-refractivity contribution in [3.05, 3.63) is 30.1 Å². The zero-order chi connectivity index (χ0) is 11.4. The van der Waals surface area contributed by atoms with Gasteiger partial charge in [-0.25, -0.2) is 5.43 Å². The van der Waals surface area contributed by atoms with Gasteiger partial charge in [0.05, 0.1) is 6.61 Å². The Morgan fingerprint density at radius 3 is 3.00 bits per heavy atom. The molecular formula is C11H15N3O2. The van der Waals surface area contributed by atoms with Gasteiger partial charge < -0.3 is 4.74 Å². The number of ether oxygens (including phenoxy) is 1. The summed E-state index contributed by atoms with van der Waals surface area (Å²) in [6, 6.07) is 3.53. The highest BCUT2D eigenvalue weighted by Gasteiger charge is 2.34. The zero-order valence-corrected chi connectivity index (χ0v) is 9.14. The van der Waals surface area contributed by atoms with Crippen LogP contribution in [0.3, 0.4) is 0 Å². The number of esters is 1. The third kappa shape index (κ3) is 2.20. The first-order chi connectivity index (χ1) is 7.83. The van der Waals surface area contributed by atoms with E-state index in [4.69, 9.17) is 4.74 Å². The zero-order valence-electron chi connectivity index (χ0n) is 9.14. The minimum absolute atomic E-state index is 0.0991. The maximum Gasteiger partial charge on any atom is 0.325 e. The Kier molecular flexibility index (Phi) is 3.48. The lowest BCUT2D eigenvalue weighted by Gasteiger charge is -2.16. The van der Waals surface area contributed by atoms with E-state index in [9.17, 15) is 4.79 Å². The van der Waals surface area contributed by atoms with Crippen LogP contribution in [-0.2, 0) is 9.53 Å². The number of nitrogens with zero attached hydrogens (tertiary/aromatic N) is 1. The fraction of sp³-hybridized carbons (Fsp3) is 0.455. The summed E-state index contributed by atoms with van der Waals surface area (Å²) in [5.41, 5.74) is 7.02. The minimum atomic E-state index is -0.317. The van der Waals surface area contributed by atoms with Gasteiger partial charge in [0.2, 0.25) is 0 Å². The Morgan fingerprint density at radius 1 is 1.56 bits per heavy atom. The van der Waals surface area contributed by atoms with Crippen LogP contribution >= 0.6 is 0 Å². The predicted molar refractivity (Wildman–Crippen MR) is 58.5 cm³/mol. The fourth-order valence-electron chi connectivity index (χ4n) is 1.87. The number of carbonyl (C=O) groups excluding carboxylic acids is 1. The second kappa shape index (κ2) is 5.05. The summed E-state index contributed by atoms with van der Waals surface area (Å²) in [4.78, 5) is 15.7. The molecule has 1 fully saturated rings. The van der Waals surface area contributed by atoms with Gasteiger partial charge in [0, 0.05) is 24.9 Å². The van der Waals surface area contributed by atoms with Crippen molar-refractivity contribution in [1.29, 1.82) is 0 Å². The van der Waals surface area contributed by atoms with Crippen molar-refractivity contribution in [3.63, 3.8) is 0 Å². The molecule has 5 nitrogen and oxygen atoms in total. The summed E-state index contributed by atoms with van der Waals surface area (Å²) >= 11 is 0. The van der Waals surface area contributed by atoms with Gasteiger partial charge in [-0.05, 0) is 24.6 Å². The predicted octanol–water partition coefficient (Wildman–Crippen LogP) is 0.205. The summed E-state index contributed by atoms with van der Waals surface area (Å²) in [5, 5.41) is 0. The Morgan fingerprint density at radius 2 is 2.31 bits per heavy atom. The van der Waals surface area contributed by atoms with Gasteiger partial charge in [0.15, 0.2) is 0 Å². The number of rotatable bonds is 3. The van der Waals surface area contributed by atoms with E-state index in [0.717, 1.165) is 5.56 Å². The molecule has 1 aromatic heterocycles. The van der Waals surface area contributed by atoms with E-state index in [2.05, 4.69) is 15.8 Å². The number of carbonyl (C=O) groups is 1. The van der Waals surface area contributed by atoms with Gasteiger partial charge in [-0.3, -0.25) is 15.2 Å². The van der Waals surface area contributed by atoms with E-state index in [1.807, 2.05) is 19.1 Å². The van der Waals surface area contributed by atoms with E-state index in [1.165, 1.54) is 0 Å². The Balaban J connectivity index is 2.12. The standard InChI is InChI=1S/C11H15N3O2/c1-2-16-11(15)10-9(7-13-14-10)8-3-5-12-6-4-8/h3-6,9-10,13-14H,2,7H2,1H3. The van der Waals surface area contributed by atoms with Crippen LogP contribution in [0.25, 0.3) is 0 Å². The highest BCUT2D eigenvalue weighted by Crippen LogP contribution is 2.22. The SMILES string of the molecule is CCOC(=O)C1NNCC1c1ccncc1. The van der Waals surface area contributed by atoms with Crippen molar-refractivity contribution < 1.29 is 9.53 Å². The van der Waals surface area contributed by atoms with Gasteiger partial charge in [0.1, 0.15) is 6.04 Å². The Hall–Kier alpha value is -1.46. The molecule has 2 N–H and O–H groups in total. The van der Waals surface area contributed by atoms with Crippen LogP contribution in [0.4, 0.5) is 0 Å². The van der Waals surface area contributed by atoms with Gasteiger partial charge in [-0.15, -0.1) is 0 Å². The molecule has 2 rings (SSSR count). The van der Waals surface area contributed by atoms with Gasteiger partial charge in [-0.1, -0.05) is 0 Å². The van der Waals surface area contributed by atoms with E-state index in [1.54, 1.807) is 12.4 Å². The monoisotopic (exact) mass is 221 g/mol. The first-order valence-electron chi connectivity index (χ1n) is 5.38. The lowest BCUT2D eigenvalue weighted by molar-refractivity contribution is -0.145. The third-order valence-corrected chi connectivity index (χ3v) is 2.66. The first kappa shape index (κ1) is 11.0. The normalized spacial score (nSPS) is 24.3. The van der Waals surface area contributed by atoms with E-state index in [0.29, 0.717) is 13.2 Å². The fourth-order valence-corrected chi connectivity index (χ4v) is 1.87. The molecule has 0 aliphatic carbocycles. The molecule has 1 aliphatic rings. The average molecular weight is 221 g/mol. The number of nitrogens with one attached hydrogen (secondary N) is 2. The number of hydrogen-bond donors (Lipinski definition) is 2. The molecule has 1 aliphatic heterocycles. The van der Waals surface area contributed by atoms with Crippen molar-refractivity contribution in [2.24, 2.45) is 0 Å². The molecule has 86 valence electrons.